The van der Waals surface area contributed by atoms with E-state index in [4.69, 9.17) is 0 Å². The van der Waals surface area contributed by atoms with Crippen molar-refractivity contribution < 1.29 is 0 Å². The van der Waals surface area contributed by atoms with Crippen molar-refractivity contribution in [3.63, 3.8) is 0 Å². The molecule has 0 aliphatic rings. The lowest BCUT2D eigenvalue weighted by atomic mass is 9.97. The maximum absolute atomic E-state index is 3.49. The number of halogens is 1. The molecule has 0 radical (unpaired) electrons. The second-order valence-corrected chi connectivity index (χ2v) is 6.93. The third-order valence-electron chi connectivity index (χ3n) is 4.41. The number of fused-ring (bicyclic) bond motifs is 1. The Bertz CT molecular complexity index is 961. The minimum absolute atomic E-state index is 0.960. The Morgan fingerprint density at radius 2 is 1.21 bits per heavy atom. The lowest BCUT2D eigenvalue weighted by Gasteiger charge is -2.08. The number of hydrogen-bond donors (Lipinski definition) is 0. The molecular weight excluding hydrogens is 356 g/mol. The fourth-order valence-corrected chi connectivity index (χ4v) is 3.39. The van der Waals surface area contributed by atoms with Crippen LogP contribution in [0, 0.1) is 0 Å². The van der Waals surface area contributed by atoms with E-state index in [1.54, 1.807) is 0 Å². The first-order valence-electron chi connectivity index (χ1n) is 8.11. The van der Waals surface area contributed by atoms with Crippen LogP contribution in [0.3, 0.4) is 0 Å². The average Bonchev–Trinajstić information content (AvgIpc) is 2.63. The molecule has 0 atom stereocenters. The SMILES string of the molecule is Brc1ccc(-c2ccc(Cc3cccc4ccccc34)cc2)cc1. The molecule has 0 heterocycles. The highest BCUT2D eigenvalue weighted by Crippen LogP contribution is 2.25. The molecule has 0 N–H and O–H groups in total. The van der Waals surface area contributed by atoms with Gasteiger partial charge in [-0.05, 0) is 51.6 Å². The van der Waals surface area contributed by atoms with E-state index in [0.29, 0.717) is 0 Å². The van der Waals surface area contributed by atoms with Crippen molar-refractivity contribution in [2.24, 2.45) is 0 Å². The molecule has 24 heavy (non-hydrogen) atoms. The molecule has 0 amide bonds. The standard InChI is InChI=1S/C23H17Br/c24-22-14-12-19(13-15-22)18-10-8-17(9-11-18)16-21-6-3-5-20-4-1-2-7-23(20)21/h1-15H,16H2. The van der Waals surface area contributed by atoms with Crippen molar-refractivity contribution in [1.82, 2.24) is 0 Å². The molecular formula is C23H17Br. The fourth-order valence-electron chi connectivity index (χ4n) is 3.12. The molecule has 0 aromatic heterocycles. The van der Waals surface area contributed by atoms with E-state index in [9.17, 15) is 0 Å². The van der Waals surface area contributed by atoms with Crippen LogP contribution >= 0.6 is 15.9 Å². The van der Waals surface area contributed by atoms with Gasteiger partial charge < -0.3 is 0 Å². The van der Waals surface area contributed by atoms with Gasteiger partial charge in [-0.15, -0.1) is 0 Å². The summed E-state index contributed by atoms with van der Waals surface area (Å²) in [6.45, 7) is 0. The van der Waals surface area contributed by atoms with Crippen LogP contribution in [0.25, 0.3) is 21.9 Å². The van der Waals surface area contributed by atoms with Crippen LogP contribution < -0.4 is 0 Å². The van der Waals surface area contributed by atoms with Crippen LogP contribution in [0.2, 0.25) is 0 Å². The average molecular weight is 373 g/mol. The summed E-state index contributed by atoms with van der Waals surface area (Å²) in [6.07, 6.45) is 0.960. The van der Waals surface area contributed by atoms with E-state index in [1.807, 2.05) is 0 Å². The third-order valence-corrected chi connectivity index (χ3v) is 4.93. The summed E-state index contributed by atoms with van der Waals surface area (Å²) in [5, 5.41) is 2.65. The Kier molecular flexibility index (Phi) is 4.18. The molecule has 4 aromatic rings. The minimum atomic E-state index is 0.960. The lowest BCUT2D eigenvalue weighted by molar-refractivity contribution is 1.21. The monoisotopic (exact) mass is 372 g/mol. The van der Waals surface area contributed by atoms with Gasteiger partial charge in [-0.3, -0.25) is 0 Å². The van der Waals surface area contributed by atoms with Crippen LogP contribution in [-0.2, 0) is 6.42 Å². The van der Waals surface area contributed by atoms with E-state index in [0.717, 1.165) is 10.9 Å². The minimum Gasteiger partial charge on any atom is -0.0616 e. The van der Waals surface area contributed by atoms with E-state index in [1.165, 1.54) is 33.0 Å². The zero-order valence-electron chi connectivity index (χ0n) is 13.2. The quantitative estimate of drug-likeness (QED) is 0.368. The van der Waals surface area contributed by atoms with Crippen LogP contribution in [-0.4, -0.2) is 0 Å². The van der Waals surface area contributed by atoms with E-state index >= 15 is 0 Å². The summed E-state index contributed by atoms with van der Waals surface area (Å²) < 4.78 is 1.11. The second-order valence-electron chi connectivity index (χ2n) is 6.02. The Balaban J connectivity index is 1.62. The first kappa shape index (κ1) is 15.2. The molecule has 4 aromatic carbocycles. The highest BCUT2D eigenvalue weighted by Gasteiger charge is 2.03. The molecule has 116 valence electrons. The van der Waals surface area contributed by atoms with Crippen molar-refractivity contribution in [2.75, 3.05) is 0 Å². The van der Waals surface area contributed by atoms with Crippen LogP contribution in [0.1, 0.15) is 11.1 Å². The summed E-state index contributed by atoms with van der Waals surface area (Å²) >= 11 is 3.49. The Labute approximate surface area is 150 Å². The van der Waals surface area contributed by atoms with Gasteiger partial charge in [0.05, 0.1) is 0 Å². The molecule has 0 aliphatic heterocycles. The van der Waals surface area contributed by atoms with Gasteiger partial charge in [0.15, 0.2) is 0 Å². The smallest absolute Gasteiger partial charge is 0.0175 e. The zero-order chi connectivity index (χ0) is 16.4. The van der Waals surface area contributed by atoms with Crippen molar-refractivity contribution in [2.45, 2.75) is 6.42 Å². The topological polar surface area (TPSA) is 0 Å². The van der Waals surface area contributed by atoms with E-state index in [-0.39, 0.29) is 0 Å². The number of hydrogen-bond acceptors (Lipinski definition) is 0. The van der Waals surface area contributed by atoms with Gasteiger partial charge in [0.25, 0.3) is 0 Å². The Morgan fingerprint density at radius 1 is 0.583 bits per heavy atom. The van der Waals surface area contributed by atoms with Gasteiger partial charge >= 0.3 is 0 Å². The maximum atomic E-state index is 3.49. The molecule has 0 nitrogen and oxygen atoms in total. The van der Waals surface area contributed by atoms with Crippen LogP contribution in [0.4, 0.5) is 0 Å². The normalized spacial score (nSPS) is 10.9. The summed E-state index contributed by atoms with van der Waals surface area (Å²) in [5.74, 6) is 0. The van der Waals surface area contributed by atoms with Crippen molar-refractivity contribution >= 4 is 26.7 Å². The summed E-state index contributed by atoms with van der Waals surface area (Å²) in [4.78, 5) is 0. The molecule has 0 saturated carbocycles. The molecule has 1 heteroatoms. The van der Waals surface area contributed by atoms with Crippen molar-refractivity contribution in [1.29, 1.82) is 0 Å². The lowest BCUT2D eigenvalue weighted by Crippen LogP contribution is -1.90. The molecule has 0 aliphatic carbocycles. The van der Waals surface area contributed by atoms with Gasteiger partial charge in [0.2, 0.25) is 0 Å². The van der Waals surface area contributed by atoms with E-state index < -0.39 is 0 Å². The molecule has 0 unspecified atom stereocenters. The number of benzene rings is 4. The second kappa shape index (κ2) is 6.62. The first-order valence-corrected chi connectivity index (χ1v) is 8.90. The van der Waals surface area contributed by atoms with E-state index in [2.05, 4.69) is 107 Å². The highest BCUT2D eigenvalue weighted by molar-refractivity contribution is 9.10. The predicted molar refractivity (Wildman–Crippen MR) is 106 cm³/mol. The largest absolute Gasteiger partial charge is 0.0616 e. The van der Waals surface area contributed by atoms with Gasteiger partial charge in [0.1, 0.15) is 0 Å². The Hall–Kier alpha value is -2.38. The molecule has 0 saturated heterocycles. The van der Waals surface area contributed by atoms with Gasteiger partial charge in [0, 0.05) is 4.47 Å². The van der Waals surface area contributed by atoms with Crippen molar-refractivity contribution in [3.05, 3.63) is 107 Å². The summed E-state index contributed by atoms with van der Waals surface area (Å²) in [7, 11) is 0. The van der Waals surface area contributed by atoms with Crippen molar-refractivity contribution in [3.8, 4) is 11.1 Å². The molecule has 0 bridgehead atoms. The molecule has 0 spiro atoms. The fraction of sp³-hybridized carbons (Fsp3) is 0.0435. The van der Waals surface area contributed by atoms with Crippen LogP contribution in [0.5, 0.6) is 0 Å². The van der Waals surface area contributed by atoms with Gasteiger partial charge in [-0.25, -0.2) is 0 Å². The molecule has 4 rings (SSSR count). The summed E-state index contributed by atoms with van der Waals surface area (Å²) in [5.41, 5.74) is 5.22. The predicted octanol–water partition coefficient (Wildman–Crippen LogP) is 6.86. The number of rotatable bonds is 3. The zero-order valence-corrected chi connectivity index (χ0v) is 14.8. The van der Waals surface area contributed by atoms with Gasteiger partial charge in [-0.2, -0.15) is 0 Å². The molecule has 0 fully saturated rings. The Morgan fingerprint density at radius 3 is 1.96 bits per heavy atom. The highest BCUT2D eigenvalue weighted by atomic mass is 79.9. The van der Waals surface area contributed by atoms with Crippen LogP contribution in [0.15, 0.2) is 95.5 Å². The van der Waals surface area contributed by atoms with Gasteiger partial charge in [-0.1, -0.05) is 94.8 Å². The third kappa shape index (κ3) is 3.13. The maximum Gasteiger partial charge on any atom is 0.0175 e. The summed E-state index contributed by atoms with van der Waals surface area (Å²) in [6, 6.07) is 32.5. The first-order chi connectivity index (χ1) is 11.8.